The van der Waals surface area contributed by atoms with Crippen LogP contribution < -0.4 is 0 Å². The molecule has 0 aromatic heterocycles. The monoisotopic (exact) mass is 313 g/mol. The number of benzene rings is 1. The van der Waals surface area contributed by atoms with Gasteiger partial charge < -0.3 is 10.0 Å². The number of likely N-dealkylation sites (N-methyl/N-ethyl adjacent to an activating group) is 1. The highest BCUT2D eigenvalue weighted by atomic mass is 79.9. The number of nitrogens with zero attached hydrogens (tertiary/aromatic N) is 1. The Morgan fingerprint density at radius 2 is 1.89 bits per heavy atom. The summed E-state index contributed by atoms with van der Waals surface area (Å²) >= 11 is 3.33. The summed E-state index contributed by atoms with van der Waals surface area (Å²) in [5.74, 6) is -0.925. The zero-order chi connectivity index (χ0) is 13.5. The van der Waals surface area contributed by atoms with E-state index < -0.39 is 5.97 Å². The molecule has 0 unspecified atom stereocenters. The topological polar surface area (TPSA) is 57.6 Å². The Kier molecular flexibility index (Phi) is 5.85. The van der Waals surface area contributed by atoms with Crippen molar-refractivity contribution in [2.24, 2.45) is 0 Å². The normalized spacial score (nSPS) is 10.1. The van der Waals surface area contributed by atoms with Gasteiger partial charge in [0.15, 0.2) is 0 Å². The fourth-order valence-corrected chi connectivity index (χ4v) is 1.84. The van der Waals surface area contributed by atoms with E-state index in [1.807, 2.05) is 31.2 Å². The van der Waals surface area contributed by atoms with Gasteiger partial charge in [0, 0.05) is 17.6 Å². The van der Waals surface area contributed by atoms with Crippen LogP contribution in [0.1, 0.15) is 18.9 Å². The molecule has 0 aliphatic carbocycles. The van der Waals surface area contributed by atoms with Gasteiger partial charge in [0.1, 0.15) is 0 Å². The van der Waals surface area contributed by atoms with Crippen molar-refractivity contribution >= 4 is 27.8 Å². The largest absolute Gasteiger partial charge is 0.481 e. The Morgan fingerprint density at radius 3 is 2.39 bits per heavy atom. The molecule has 0 aliphatic heterocycles. The van der Waals surface area contributed by atoms with Gasteiger partial charge in [-0.05, 0) is 24.6 Å². The van der Waals surface area contributed by atoms with Crippen LogP contribution in [-0.4, -0.2) is 35.0 Å². The predicted octanol–water partition coefficient (Wildman–Crippen LogP) is 2.31. The summed E-state index contributed by atoms with van der Waals surface area (Å²) in [6.45, 7) is 2.64. The third-order valence-electron chi connectivity index (χ3n) is 2.60. The average molecular weight is 314 g/mol. The van der Waals surface area contributed by atoms with Crippen molar-refractivity contribution in [1.82, 2.24) is 4.90 Å². The smallest absolute Gasteiger partial charge is 0.305 e. The van der Waals surface area contributed by atoms with Crippen LogP contribution in [0.15, 0.2) is 28.7 Å². The molecule has 0 bridgehead atoms. The third-order valence-corrected chi connectivity index (χ3v) is 3.13. The minimum Gasteiger partial charge on any atom is -0.481 e. The number of hydrogen-bond acceptors (Lipinski definition) is 2. The van der Waals surface area contributed by atoms with E-state index in [2.05, 4.69) is 15.9 Å². The zero-order valence-corrected chi connectivity index (χ0v) is 11.8. The minimum absolute atomic E-state index is 0.0140. The van der Waals surface area contributed by atoms with E-state index in [0.717, 1.165) is 10.0 Å². The maximum Gasteiger partial charge on any atom is 0.305 e. The molecule has 1 amide bonds. The molecule has 1 N–H and O–H groups in total. The average Bonchev–Trinajstić information content (AvgIpc) is 2.32. The number of carboxylic acids is 1. The first-order valence-corrected chi connectivity index (χ1v) is 6.56. The van der Waals surface area contributed by atoms with Crippen LogP contribution in [0.4, 0.5) is 0 Å². The van der Waals surface area contributed by atoms with Crippen molar-refractivity contribution in [3.05, 3.63) is 34.3 Å². The van der Waals surface area contributed by atoms with Gasteiger partial charge in [0.2, 0.25) is 5.91 Å². The SMILES string of the molecule is CCN(CCC(=O)O)C(=O)Cc1ccc(Br)cc1. The summed E-state index contributed by atoms with van der Waals surface area (Å²) < 4.78 is 0.969. The second-order valence-electron chi connectivity index (χ2n) is 3.92. The Morgan fingerprint density at radius 1 is 1.28 bits per heavy atom. The molecular formula is C13H16BrNO3. The molecule has 5 heteroatoms. The Bertz CT molecular complexity index is 417. The second-order valence-corrected chi connectivity index (χ2v) is 4.84. The van der Waals surface area contributed by atoms with Gasteiger partial charge in [-0.2, -0.15) is 0 Å². The molecule has 1 aromatic rings. The van der Waals surface area contributed by atoms with E-state index in [0.29, 0.717) is 13.0 Å². The molecule has 1 aromatic carbocycles. The molecule has 0 spiro atoms. The lowest BCUT2D eigenvalue weighted by molar-refractivity contribution is -0.138. The van der Waals surface area contributed by atoms with Gasteiger partial charge >= 0.3 is 5.97 Å². The van der Waals surface area contributed by atoms with Crippen LogP contribution in [0.5, 0.6) is 0 Å². The summed E-state index contributed by atoms with van der Waals surface area (Å²) in [5, 5.41) is 8.62. The number of aliphatic carboxylic acids is 1. The van der Waals surface area contributed by atoms with Gasteiger partial charge in [-0.1, -0.05) is 28.1 Å². The molecule has 0 saturated heterocycles. The van der Waals surface area contributed by atoms with Crippen molar-refractivity contribution in [3.63, 3.8) is 0 Å². The number of rotatable bonds is 6. The number of amides is 1. The maximum atomic E-state index is 12.0. The molecule has 0 radical (unpaired) electrons. The van der Waals surface area contributed by atoms with Crippen LogP contribution in [0.25, 0.3) is 0 Å². The molecule has 0 aliphatic rings. The lowest BCUT2D eigenvalue weighted by Gasteiger charge is -2.20. The highest BCUT2D eigenvalue weighted by molar-refractivity contribution is 9.10. The van der Waals surface area contributed by atoms with E-state index in [9.17, 15) is 9.59 Å². The molecule has 18 heavy (non-hydrogen) atoms. The quantitative estimate of drug-likeness (QED) is 0.876. The van der Waals surface area contributed by atoms with Crippen molar-refractivity contribution in [2.45, 2.75) is 19.8 Å². The van der Waals surface area contributed by atoms with Crippen LogP contribution in [-0.2, 0) is 16.0 Å². The zero-order valence-electron chi connectivity index (χ0n) is 10.2. The van der Waals surface area contributed by atoms with Crippen LogP contribution >= 0.6 is 15.9 Å². The summed E-state index contributed by atoms with van der Waals surface area (Å²) in [5.41, 5.74) is 0.928. The highest BCUT2D eigenvalue weighted by Crippen LogP contribution is 2.11. The van der Waals surface area contributed by atoms with E-state index in [4.69, 9.17) is 5.11 Å². The van der Waals surface area contributed by atoms with E-state index in [1.54, 1.807) is 4.90 Å². The fourth-order valence-electron chi connectivity index (χ4n) is 1.58. The highest BCUT2D eigenvalue weighted by Gasteiger charge is 2.13. The summed E-state index contributed by atoms with van der Waals surface area (Å²) in [4.78, 5) is 24.0. The number of carbonyl (C=O) groups excluding carboxylic acids is 1. The first-order valence-electron chi connectivity index (χ1n) is 5.77. The van der Waals surface area contributed by atoms with Gasteiger partial charge in [-0.15, -0.1) is 0 Å². The van der Waals surface area contributed by atoms with E-state index in [1.165, 1.54) is 0 Å². The lowest BCUT2D eigenvalue weighted by Crippen LogP contribution is -2.33. The standard InChI is InChI=1S/C13H16BrNO3/c1-2-15(8-7-13(17)18)12(16)9-10-3-5-11(14)6-4-10/h3-6H,2,7-9H2,1H3,(H,17,18). The van der Waals surface area contributed by atoms with Gasteiger partial charge in [-0.25, -0.2) is 0 Å². The van der Waals surface area contributed by atoms with Crippen LogP contribution in [0.3, 0.4) is 0 Å². The lowest BCUT2D eigenvalue weighted by atomic mass is 10.1. The molecule has 1 rings (SSSR count). The van der Waals surface area contributed by atoms with Gasteiger partial charge in [-0.3, -0.25) is 9.59 Å². The third kappa shape index (κ3) is 4.87. The number of carboxylic acid groups (broad SMARTS) is 1. The molecule has 0 saturated carbocycles. The Labute approximate surface area is 115 Å². The number of carbonyl (C=O) groups is 2. The fraction of sp³-hybridized carbons (Fsp3) is 0.385. The molecule has 0 fully saturated rings. The molecule has 0 atom stereocenters. The number of halogens is 1. The van der Waals surface area contributed by atoms with Crippen molar-refractivity contribution < 1.29 is 14.7 Å². The molecule has 4 nitrogen and oxygen atoms in total. The van der Waals surface area contributed by atoms with E-state index >= 15 is 0 Å². The van der Waals surface area contributed by atoms with Crippen LogP contribution in [0, 0.1) is 0 Å². The van der Waals surface area contributed by atoms with Gasteiger partial charge in [0.25, 0.3) is 0 Å². The summed E-state index contributed by atoms with van der Waals surface area (Å²) in [6.07, 6.45) is 0.292. The van der Waals surface area contributed by atoms with Crippen molar-refractivity contribution in [1.29, 1.82) is 0 Å². The van der Waals surface area contributed by atoms with Crippen LogP contribution in [0.2, 0.25) is 0 Å². The van der Waals surface area contributed by atoms with Gasteiger partial charge in [0.05, 0.1) is 12.8 Å². The Hall–Kier alpha value is -1.36. The summed E-state index contributed by atoms with van der Waals surface area (Å²) in [7, 11) is 0. The van der Waals surface area contributed by atoms with Crippen molar-refractivity contribution in [3.8, 4) is 0 Å². The number of hydrogen-bond donors (Lipinski definition) is 1. The minimum atomic E-state index is -0.884. The molecular weight excluding hydrogens is 298 g/mol. The first-order chi connectivity index (χ1) is 8.52. The summed E-state index contributed by atoms with van der Waals surface area (Å²) in [6, 6.07) is 7.53. The predicted molar refractivity (Wildman–Crippen MR) is 72.4 cm³/mol. The van der Waals surface area contributed by atoms with E-state index in [-0.39, 0.29) is 18.9 Å². The molecule has 0 heterocycles. The second kappa shape index (κ2) is 7.16. The maximum absolute atomic E-state index is 12.0. The van der Waals surface area contributed by atoms with Crippen molar-refractivity contribution in [2.75, 3.05) is 13.1 Å². The first kappa shape index (κ1) is 14.7. The Balaban J connectivity index is 2.56. The molecule has 98 valence electrons.